The lowest BCUT2D eigenvalue weighted by Gasteiger charge is -2.25. The first kappa shape index (κ1) is 33.8. The summed E-state index contributed by atoms with van der Waals surface area (Å²) in [5.41, 5.74) is 7.59. The lowest BCUT2D eigenvalue weighted by molar-refractivity contribution is -0.142. The standard InChI is InChI=1S/C38H50N2O3S/c1-5-6-23-40(26-29-16-19-32(20-17-29)31-13-8-7-9-14-31)27-30-18-21-34(35(25-30)33-15-11-10-12-28(33)2)37(41)39-36(22-24-44-4)38(42)43-3/h10-12,15-21,25,31,36H,5-9,13-14,22-24,26-27H2,1-4H3,(H,39,41)/t36-/m0/s1. The number of unbranched alkanes of at least 4 members (excludes halogenated alkanes) is 1. The number of benzene rings is 3. The number of amides is 1. The molecule has 6 heteroatoms. The second kappa shape index (κ2) is 17.4. The van der Waals surface area contributed by atoms with Crippen LogP contribution >= 0.6 is 11.8 Å². The number of carbonyl (C=O) groups is 2. The predicted molar refractivity (Wildman–Crippen MR) is 184 cm³/mol. The minimum Gasteiger partial charge on any atom is -0.467 e. The zero-order chi connectivity index (χ0) is 31.3. The van der Waals surface area contributed by atoms with Crippen LogP contribution in [-0.4, -0.2) is 48.5 Å². The third-order valence-corrected chi connectivity index (χ3v) is 9.51. The number of carbonyl (C=O) groups excluding carboxylic acids is 2. The average molecular weight is 615 g/mol. The van der Waals surface area contributed by atoms with Crippen molar-refractivity contribution in [2.75, 3.05) is 25.7 Å². The summed E-state index contributed by atoms with van der Waals surface area (Å²) in [6.45, 7) is 7.01. The Hall–Kier alpha value is -3.09. The number of hydrogen-bond donors (Lipinski definition) is 1. The fourth-order valence-corrected chi connectivity index (χ4v) is 6.76. The molecule has 0 aliphatic heterocycles. The number of esters is 1. The van der Waals surface area contributed by atoms with Crippen molar-refractivity contribution in [2.24, 2.45) is 0 Å². The molecule has 5 nitrogen and oxygen atoms in total. The van der Waals surface area contributed by atoms with Gasteiger partial charge in [-0.05, 0) is 103 Å². The second-order valence-electron chi connectivity index (χ2n) is 12.2. The molecular weight excluding hydrogens is 564 g/mol. The number of rotatable bonds is 15. The molecular formula is C38H50N2O3S. The summed E-state index contributed by atoms with van der Waals surface area (Å²) in [5, 5.41) is 2.96. The molecule has 1 aliphatic carbocycles. The number of aryl methyl sites for hydroxylation is 1. The van der Waals surface area contributed by atoms with Crippen LogP contribution in [0.4, 0.5) is 0 Å². The molecule has 0 saturated heterocycles. The van der Waals surface area contributed by atoms with Gasteiger partial charge in [0.1, 0.15) is 6.04 Å². The smallest absolute Gasteiger partial charge is 0.328 e. The van der Waals surface area contributed by atoms with E-state index < -0.39 is 12.0 Å². The fraction of sp³-hybridized carbons (Fsp3) is 0.474. The molecule has 1 aliphatic rings. The van der Waals surface area contributed by atoms with Gasteiger partial charge in [0.2, 0.25) is 0 Å². The molecule has 0 bridgehead atoms. The van der Waals surface area contributed by atoms with Gasteiger partial charge in [-0.1, -0.05) is 87.2 Å². The summed E-state index contributed by atoms with van der Waals surface area (Å²) >= 11 is 1.64. The minimum absolute atomic E-state index is 0.257. The molecule has 0 aromatic heterocycles. The highest BCUT2D eigenvalue weighted by molar-refractivity contribution is 7.98. The van der Waals surface area contributed by atoms with Crippen LogP contribution in [0.15, 0.2) is 66.7 Å². The van der Waals surface area contributed by atoms with E-state index in [9.17, 15) is 9.59 Å². The van der Waals surface area contributed by atoms with Gasteiger partial charge in [-0.15, -0.1) is 0 Å². The maximum Gasteiger partial charge on any atom is 0.328 e. The Morgan fingerprint density at radius 1 is 0.955 bits per heavy atom. The Balaban J connectivity index is 1.58. The number of nitrogens with one attached hydrogen (secondary N) is 1. The summed E-state index contributed by atoms with van der Waals surface area (Å²) < 4.78 is 4.99. The van der Waals surface area contributed by atoms with Crippen LogP contribution < -0.4 is 5.32 Å². The Morgan fingerprint density at radius 3 is 2.34 bits per heavy atom. The second-order valence-corrected chi connectivity index (χ2v) is 13.2. The fourth-order valence-electron chi connectivity index (χ4n) is 6.29. The number of methoxy groups -OCH3 is 1. The van der Waals surface area contributed by atoms with E-state index in [1.54, 1.807) is 11.8 Å². The zero-order valence-electron chi connectivity index (χ0n) is 27.1. The SMILES string of the molecule is CCCCN(Cc1ccc(C2CCCCC2)cc1)Cc1ccc(C(=O)N[C@@H](CCSC)C(=O)OC)c(-c2ccccc2C)c1. The van der Waals surface area contributed by atoms with Crippen molar-refractivity contribution in [1.29, 1.82) is 0 Å². The molecule has 3 aromatic carbocycles. The Morgan fingerprint density at radius 2 is 1.66 bits per heavy atom. The highest BCUT2D eigenvalue weighted by Crippen LogP contribution is 2.33. The molecule has 0 heterocycles. The van der Waals surface area contributed by atoms with Crippen LogP contribution in [0, 0.1) is 6.92 Å². The molecule has 4 rings (SSSR count). The molecule has 1 N–H and O–H groups in total. The first-order valence-electron chi connectivity index (χ1n) is 16.3. The summed E-state index contributed by atoms with van der Waals surface area (Å²) in [7, 11) is 1.36. The van der Waals surface area contributed by atoms with Crippen molar-refractivity contribution in [3.05, 3.63) is 94.5 Å². The van der Waals surface area contributed by atoms with Crippen LogP contribution in [0.3, 0.4) is 0 Å². The van der Waals surface area contributed by atoms with Crippen molar-refractivity contribution in [1.82, 2.24) is 10.2 Å². The topological polar surface area (TPSA) is 58.6 Å². The average Bonchev–Trinajstić information content (AvgIpc) is 3.06. The lowest BCUT2D eigenvalue weighted by atomic mass is 9.84. The number of ether oxygens (including phenoxy) is 1. The van der Waals surface area contributed by atoms with Crippen molar-refractivity contribution >= 4 is 23.6 Å². The van der Waals surface area contributed by atoms with E-state index in [1.165, 1.54) is 55.9 Å². The third kappa shape index (κ3) is 9.45. The van der Waals surface area contributed by atoms with E-state index in [1.807, 2.05) is 24.5 Å². The lowest BCUT2D eigenvalue weighted by Crippen LogP contribution is -2.42. The molecule has 1 amide bonds. The van der Waals surface area contributed by atoms with Crippen LogP contribution in [-0.2, 0) is 22.6 Å². The number of thioether (sulfide) groups is 1. The number of hydrogen-bond acceptors (Lipinski definition) is 5. The molecule has 1 saturated carbocycles. The van der Waals surface area contributed by atoms with E-state index in [4.69, 9.17) is 4.74 Å². The minimum atomic E-state index is -0.682. The summed E-state index contributed by atoms with van der Waals surface area (Å²) in [6, 6.07) is 23.0. The van der Waals surface area contributed by atoms with Gasteiger partial charge >= 0.3 is 5.97 Å². The van der Waals surface area contributed by atoms with Crippen molar-refractivity contribution in [3.8, 4) is 11.1 Å². The Bertz CT molecular complexity index is 1350. The van der Waals surface area contributed by atoms with Crippen molar-refractivity contribution in [3.63, 3.8) is 0 Å². The Kier molecular flexibility index (Phi) is 13.4. The van der Waals surface area contributed by atoms with E-state index in [2.05, 4.69) is 72.6 Å². The number of nitrogens with zero attached hydrogens (tertiary/aromatic N) is 1. The molecule has 0 unspecified atom stereocenters. The van der Waals surface area contributed by atoms with Gasteiger partial charge in [0.25, 0.3) is 5.91 Å². The van der Waals surface area contributed by atoms with Crippen LogP contribution in [0.25, 0.3) is 11.1 Å². The van der Waals surface area contributed by atoms with Gasteiger partial charge in [0.05, 0.1) is 7.11 Å². The van der Waals surface area contributed by atoms with Crippen LogP contribution in [0.5, 0.6) is 0 Å². The van der Waals surface area contributed by atoms with Crippen molar-refractivity contribution < 1.29 is 14.3 Å². The highest BCUT2D eigenvalue weighted by atomic mass is 32.2. The monoisotopic (exact) mass is 614 g/mol. The van der Waals surface area contributed by atoms with Crippen molar-refractivity contribution in [2.45, 2.75) is 90.3 Å². The van der Waals surface area contributed by atoms with E-state index in [0.717, 1.165) is 60.8 Å². The largest absolute Gasteiger partial charge is 0.467 e. The maximum atomic E-state index is 13.7. The predicted octanol–water partition coefficient (Wildman–Crippen LogP) is 8.54. The van der Waals surface area contributed by atoms with E-state index in [0.29, 0.717) is 12.0 Å². The highest BCUT2D eigenvalue weighted by Gasteiger charge is 2.24. The Labute approximate surface area is 269 Å². The van der Waals surface area contributed by atoms with Gasteiger partial charge < -0.3 is 10.1 Å². The molecule has 1 fully saturated rings. The summed E-state index contributed by atoms with van der Waals surface area (Å²) in [6.07, 6.45) is 11.5. The van der Waals surface area contributed by atoms with Gasteiger partial charge in [0.15, 0.2) is 0 Å². The first-order chi connectivity index (χ1) is 21.4. The van der Waals surface area contributed by atoms with E-state index >= 15 is 0 Å². The first-order valence-corrected chi connectivity index (χ1v) is 17.7. The third-order valence-electron chi connectivity index (χ3n) is 8.86. The maximum absolute atomic E-state index is 13.7. The molecule has 44 heavy (non-hydrogen) atoms. The molecule has 0 radical (unpaired) electrons. The van der Waals surface area contributed by atoms with E-state index in [-0.39, 0.29) is 5.91 Å². The van der Waals surface area contributed by atoms with Gasteiger partial charge in [-0.3, -0.25) is 9.69 Å². The molecule has 236 valence electrons. The van der Waals surface area contributed by atoms with Crippen LogP contribution in [0.2, 0.25) is 0 Å². The molecule has 3 aromatic rings. The summed E-state index contributed by atoms with van der Waals surface area (Å²) in [4.78, 5) is 28.6. The zero-order valence-corrected chi connectivity index (χ0v) is 27.9. The van der Waals surface area contributed by atoms with Gasteiger partial charge in [-0.25, -0.2) is 4.79 Å². The molecule has 0 spiro atoms. The van der Waals surface area contributed by atoms with Crippen LogP contribution in [0.1, 0.15) is 96.8 Å². The normalized spacial score (nSPS) is 14.4. The molecule has 1 atom stereocenters. The van der Waals surface area contributed by atoms with Gasteiger partial charge in [-0.2, -0.15) is 11.8 Å². The quantitative estimate of drug-likeness (QED) is 0.174. The summed E-state index contributed by atoms with van der Waals surface area (Å²) in [5.74, 6) is 0.797. The van der Waals surface area contributed by atoms with Gasteiger partial charge in [0, 0.05) is 18.7 Å².